The van der Waals surface area contributed by atoms with E-state index in [1.165, 1.54) is 0 Å². The molecule has 2 atom stereocenters. The van der Waals surface area contributed by atoms with Crippen LogP contribution in [0.3, 0.4) is 0 Å². The molecular weight excluding hydrogens is 168 g/mol. The van der Waals surface area contributed by atoms with Gasteiger partial charge in [0.05, 0.1) is 5.92 Å². The second-order valence-corrected chi connectivity index (χ2v) is 3.02. The van der Waals surface area contributed by atoms with E-state index in [1.807, 2.05) is 6.92 Å². The van der Waals surface area contributed by atoms with Crippen molar-refractivity contribution in [3.05, 3.63) is 24.0 Å². The van der Waals surface area contributed by atoms with Gasteiger partial charge in [0, 0.05) is 18.4 Å². The van der Waals surface area contributed by atoms with Gasteiger partial charge in [-0.2, -0.15) is 0 Å². The van der Waals surface area contributed by atoms with E-state index >= 15 is 0 Å². The molecule has 1 aromatic heterocycles. The first kappa shape index (κ1) is 9.80. The predicted octanol–water partition coefficient (Wildman–Crippen LogP) is 1.13. The van der Waals surface area contributed by atoms with E-state index in [9.17, 15) is 4.79 Å². The molecule has 4 heteroatoms. The summed E-state index contributed by atoms with van der Waals surface area (Å²) in [7, 11) is 0. The maximum absolute atomic E-state index is 10.8. The van der Waals surface area contributed by atoms with Gasteiger partial charge in [-0.15, -0.1) is 0 Å². The van der Waals surface area contributed by atoms with Crippen molar-refractivity contribution < 1.29 is 9.90 Å². The standard InChI is InChI=1S/C9H14N2O2/c1-2-7(9(12)13)8(10)6-3-4-11-5-6/h3-5,7-8,11H,2,10H2,1H3,(H,12,13). The lowest BCUT2D eigenvalue weighted by atomic mass is 9.93. The molecule has 0 saturated carbocycles. The van der Waals surface area contributed by atoms with Crippen molar-refractivity contribution in [2.45, 2.75) is 19.4 Å². The van der Waals surface area contributed by atoms with Crippen molar-refractivity contribution in [3.63, 3.8) is 0 Å². The van der Waals surface area contributed by atoms with Crippen LogP contribution in [-0.2, 0) is 4.79 Å². The van der Waals surface area contributed by atoms with Gasteiger partial charge in [0.15, 0.2) is 0 Å². The Kier molecular flexibility index (Phi) is 3.08. The summed E-state index contributed by atoms with van der Waals surface area (Å²) in [6, 6.07) is 1.38. The largest absolute Gasteiger partial charge is 0.481 e. The van der Waals surface area contributed by atoms with Crippen molar-refractivity contribution in [3.8, 4) is 0 Å². The van der Waals surface area contributed by atoms with E-state index in [1.54, 1.807) is 18.5 Å². The second kappa shape index (κ2) is 4.09. The summed E-state index contributed by atoms with van der Waals surface area (Å²) in [4.78, 5) is 13.6. The van der Waals surface area contributed by atoms with Gasteiger partial charge in [0.25, 0.3) is 0 Å². The maximum atomic E-state index is 10.8. The van der Waals surface area contributed by atoms with Crippen molar-refractivity contribution in [1.82, 2.24) is 4.98 Å². The summed E-state index contributed by atoms with van der Waals surface area (Å²) in [5.74, 6) is -1.34. The zero-order valence-corrected chi connectivity index (χ0v) is 7.53. The van der Waals surface area contributed by atoms with Crippen LogP contribution in [0.25, 0.3) is 0 Å². The molecule has 1 heterocycles. The van der Waals surface area contributed by atoms with Crippen molar-refractivity contribution in [2.75, 3.05) is 0 Å². The molecule has 4 nitrogen and oxygen atoms in total. The van der Waals surface area contributed by atoms with Gasteiger partial charge in [0.2, 0.25) is 0 Å². The summed E-state index contributed by atoms with van der Waals surface area (Å²) in [5, 5.41) is 8.85. The number of rotatable bonds is 4. The molecule has 1 rings (SSSR count). The first-order chi connectivity index (χ1) is 6.16. The van der Waals surface area contributed by atoms with Gasteiger partial charge < -0.3 is 15.8 Å². The second-order valence-electron chi connectivity index (χ2n) is 3.02. The fourth-order valence-corrected chi connectivity index (χ4v) is 1.36. The number of hydrogen-bond acceptors (Lipinski definition) is 2. The number of carboxylic acids is 1. The lowest BCUT2D eigenvalue weighted by molar-refractivity contribution is -0.142. The number of hydrogen-bond donors (Lipinski definition) is 3. The molecule has 0 aliphatic heterocycles. The van der Waals surface area contributed by atoms with Crippen LogP contribution in [0.4, 0.5) is 0 Å². The van der Waals surface area contributed by atoms with Crippen molar-refractivity contribution in [1.29, 1.82) is 0 Å². The Morgan fingerprint density at radius 1 is 1.77 bits per heavy atom. The van der Waals surface area contributed by atoms with Crippen LogP contribution >= 0.6 is 0 Å². The van der Waals surface area contributed by atoms with E-state index in [4.69, 9.17) is 10.8 Å². The molecule has 1 aromatic rings. The van der Waals surface area contributed by atoms with Crippen LogP contribution in [-0.4, -0.2) is 16.1 Å². The molecule has 0 bridgehead atoms. The molecule has 2 unspecified atom stereocenters. The topological polar surface area (TPSA) is 79.1 Å². The van der Waals surface area contributed by atoms with E-state index in [-0.39, 0.29) is 0 Å². The Hall–Kier alpha value is -1.29. The Bertz CT molecular complexity index is 269. The minimum Gasteiger partial charge on any atom is -0.481 e. The van der Waals surface area contributed by atoms with Crippen molar-refractivity contribution in [2.24, 2.45) is 11.7 Å². The van der Waals surface area contributed by atoms with Gasteiger partial charge in [-0.1, -0.05) is 6.92 Å². The molecule has 13 heavy (non-hydrogen) atoms. The molecule has 0 spiro atoms. The fraction of sp³-hybridized carbons (Fsp3) is 0.444. The molecule has 0 fully saturated rings. The highest BCUT2D eigenvalue weighted by molar-refractivity contribution is 5.71. The Morgan fingerprint density at radius 2 is 2.46 bits per heavy atom. The quantitative estimate of drug-likeness (QED) is 0.653. The summed E-state index contributed by atoms with van der Waals surface area (Å²) < 4.78 is 0. The third kappa shape index (κ3) is 2.09. The molecule has 72 valence electrons. The highest BCUT2D eigenvalue weighted by Crippen LogP contribution is 2.21. The van der Waals surface area contributed by atoms with Gasteiger partial charge in [-0.3, -0.25) is 4.79 Å². The first-order valence-electron chi connectivity index (χ1n) is 4.28. The number of nitrogens with two attached hydrogens (primary N) is 1. The molecule has 0 amide bonds. The Morgan fingerprint density at radius 3 is 2.85 bits per heavy atom. The third-order valence-electron chi connectivity index (χ3n) is 2.20. The maximum Gasteiger partial charge on any atom is 0.308 e. The molecule has 0 radical (unpaired) electrons. The monoisotopic (exact) mass is 182 g/mol. The number of nitrogens with one attached hydrogen (secondary N) is 1. The predicted molar refractivity (Wildman–Crippen MR) is 49.1 cm³/mol. The van der Waals surface area contributed by atoms with Crippen molar-refractivity contribution >= 4 is 5.97 Å². The minimum absolute atomic E-state index is 0.422. The molecule has 0 aromatic carbocycles. The number of aromatic amines is 1. The number of aromatic nitrogens is 1. The lowest BCUT2D eigenvalue weighted by Crippen LogP contribution is -2.27. The summed E-state index contributed by atoms with van der Waals surface area (Å²) in [6.07, 6.45) is 4.02. The number of carboxylic acid groups (broad SMARTS) is 1. The van der Waals surface area contributed by atoms with Gasteiger partial charge in [-0.25, -0.2) is 0 Å². The zero-order chi connectivity index (χ0) is 9.84. The Balaban J connectivity index is 2.76. The molecular formula is C9H14N2O2. The van der Waals surface area contributed by atoms with E-state index in [0.717, 1.165) is 5.56 Å². The SMILES string of the molecule is CCC(C(=O)O)C(N)c1cc[nH]c1. The average molecular weight is 182 g/mol. The molecule has 0 aliphatic rings. The molecule has 0 saturated heterocycles. The molecule has 4 N–H and O–H groups in total. The number of H-pyrrole nitrogens is 1. The fourth-order valence-electron chi connectivity index (χ4n) is 1.36. The van der Waals surface area contributed by atoms with E-state index in [0.29, 0.717) is 6.42 Å². The highest BCUT2D eigenvalue weighted by atomic mass is 16.4. The van der Waals surface area contributed by atoms with Crippen LogP contribution < -0.4 is 5.73 Å². The van der Waals surface area contributed by atoms with Crippen LogP contribution in [0.1, 0.15) is 24.9 Å². The minimum atomic E-state index is -0.837. The smallest absolute Gasteiger partial charge is 0.308 e. The number of carbonyl (C=O) groups is 1. The van der Waals surface area contributed by atoms with Gasteiger partial charge in [-0.05, 0) is 18.1 Å². The van der Waals surface area contributed by atoms with Crippen LogP contribution in [0, 0.1) is 5.92 Å². The Labute approximate surface area is 76.8 Å². The highest BCUT2D eigenvalue weighted by Gasteiger charge is 2.24. The normalized spacial score (nSPS) is 15.2. The lowest BCUT2D eigenvalue weighted by Gasteiger charge is -2.17. The van der Waals surface area contributed by atoms with Crippen LogP contribution in [0.2, 0.25) is 0 Å². The van der Waals surface area contributed by atoms with Gasteiger partial charge >= 0.3 is 5.97 Å². The van der Waals surface area contributed by atoms with E-state index < -0.39 is 17.9 Å². The third-order valence-corrected chi connectivity index (χ3v) is 2.20. The van der Waals surface area contributed by atoms with Crippen LogP contribution in [0.15, 0.2) is 18.5 Å². The summed E-state index contributed by atoms with van der Waals surface area (Å²) >= 11 is 0. The number of aliphatic carboxylic acids is 1. The zero-order valence-electron chi connectivity index (χ0n) is 7.53. The first-order valence-corrected chi connectivity index (χ1v) is 4.28. The van der Waals surface area contributed by atoms with Crippen LogP contribution in [0.5, 0.6) is 0 Å². The van der Waals surface area contributed by atoms with E-state index in [2.05, 4.69) is 4.98 Å². The van der Waals surface area contributed by atoms with Gasteiger partial charge in [0.1, 0.15) is 0 Å². The molecule has 0 aliphatic carbocycles. The average Bonchev–Trinajstić information content (AvgIpc) is 2.56. The summed E-state index contributed by atoms with van der Waals surface area (Å²) in [5.41, 5.74) is 6.64. The summed E-state index contributed by atoms with van der Waals surface area (Å²) in [6.45, 7) is 1.82.